The van der Waals surface area contributed by atoms with Crippen molar-refractivity contribution in [3.63, 3.8) is 0 Å². The minimum atomic E-state index is -0.355. The number of nitrogens with one attached hydrogen (secondary N) is 3. The lowest BCUT2D eigenvalue weighted by atomic mass is 10.1. The quantitative estimate of drug-likeness (QED) is 0.185. The van der Waals surface area contributed by atoms with Crippen molar-refractivity contribution in [3.8, 4) is 0 Å². The van der Waals surface area contributed by atoms with Crippen molar-refractivity contribution in [1.29, 1.82) is 0 Å². The van der Waals surface area contributed by atoms with Crippen LogP contribution in [0.3, 0.4) is 0 Å². The molecule has 0 unspecified atom stereocenters. The molecule has 41 heavy (non-hydrogen) atoms. The molecule has 3 N–H and O–H groups in total. The smallest absolute Gasteiger partial charge is 0.272 e. The van der Waals surface area contributed by atoms with Gasteiger partial charge in [0.25, 0.3) is 17.7 Å². The molecule has 3 amide bonds. The van der Waals surface area contributed by atoms with Crippen molar-refractivity contribution in [3.05, 3.63) is 107 Å². The molecule has 0 saturated carbocycles. The maximum atomic E-state index is 13.0. The van der Waals surface area contributed by atoms with E-state index in [1.165, 1.54) is 0 Å². The van der Waals surface area contributed by atoms with Gasteiger partial charge in [-0.2, -0.15) is 0 Å². The van der Waals surface area contributed by atoms with Gasteiger partial charge in [0.2, 0.25) is 0 Å². The largest absolute Gasteiger partial charge is 0.351 e. The van der Waals surface area contributed by atoms with Crippen LogP contribution in [0.1, 0.15) is 48.9 Å². The summed E-state index contributed by atoms with van der Waals surface area (Å²) < 4.78 is 3.32. The fourth-order valence-corrected chi connectivity index (χ4v) is 4.31. The van der Waals surface area contributed by atoms with E-state index in [0.717, 1.165) is 24.1 Å². The van der Waals surface area contributed by atoms with E-state index in [0.29, 0.717) is 34.9 Å². The van der Waals surface area contributed by atoms with Crippen molar-refractivity contribution >= 4 is 41.2 Å². The monoisotopic (exact) mass is 552 g/mol. The number of amides is 3. The summed E-state index contributed by atoms with van der Waals surface area (Å²) in [6.07, 6.45) is 8.23. The van der Waals surface area contributed by atoms with Crippen molar-refractivity contribution in [2.75, 3.05) is 37.8 Å². The molecule has 0 radical (unpaired) electrons. The van der Waals surface area contributed by atoms with Gasteiger partial charge in [-0.1, -0.05) is 54.6 Å². The van der Waals surface area contributed by atoms with E-state index in [2.05, 4.69) is 20.9 Å². The van der Waals surface area contributed by atoms with Crippen LogP contribution in [0.4, 0.5) is 11.4 Å². The topological polar surface area (TPSA) is 100 Å². The highest BCUT2D eigenvalue weighted by molar-refractivity contribution is 6.07. The molecule has 0 spiro atoms. The Morgan fingerprint density at radius 3 is 1.85 bits per heavy atom. The Morgan fingerprint density at radius 1 is 0.732 bits per heavy atom. The number of rotatable bonds is 11. The fraction of sp³-hybridized carbons (Fsp3) is 0.219. The maximum Gasteiger partial charge on any atom is 0.272 e. The number of benzene rings is 2. The number of nitrogens with zero attached hydrogens (tertiary/aromatic N) is 3. The van der Waals surface area contributed by atoms with Crippen molar-refractivity contribution in [2.45, 2.75) is 6.42 Å². The Morgan fingerprint density at radius 2 is 1.27 bits per heavy atom. The van der Waals surface area contributed by atoms with Crippen molar-refractivity contribution in [1.82, 2.24) is 19.4 Å². The second-order valence-corrected chi connectivity index (χ2v) is 10.1. The van der Waals surface area contributed by atoms with Gasteiger partial charge in [0.05, 0.1) is 11.4 Å². The number of carbonyl (C=O) groups is 3. The predicted molar refractivity (Wildman–Crippen MR) is 164 cm³/mol. The summed E-state index contributed by atoms with van der Waals surface area (Å²) in [5, 5.41) is 8.60. The highest BCUT2D eigenvalue weighted by Gasteiger charge is 2.17. The normalized spacial score (nSPS) is 11.1. The molecule has 0 saturated heterocycles. The molecule has 0 atom stereocenters. The zero-order chi connectivity index (χ0) is 29.4. The van der Waals surface area contributed by atoms with E-state index in [-0.39, 0.29) is 17.7 Å². The van der Waals surface area contributed by atoms with Crippen LogP contribution < -0.4 is 16.0 Å². The molecule has 0 aliphatic rings. The first kappa shape index (κ1) is 29.1. The lowest BCUT2D eigenvalue weighted by Gasteiger charge is -2.10. The predicted octanol–water partition coefficient (Wildman–Crippen LogP) is 4.72. The highest BCUT2D eigenvalue weighted by Crippen LogP contribution is 2.19. The third-order valence-electron chi connectivity index (χ3n) is 6.50. The number of carbonyl (C=O) groups excluding carboxylic acids is 3. The van der Waals surface area contributed by atoms with Gasteiger partial charge in [0.1, 0.15) is 11.4 Å². The van der Waals surface area contributed by atoms with Gasteiger partial charge in [-0.05, 0) is 62.5 Å². The van der Waals surface area contributed by atoms with Gasteiger partial charge in [0.15, 0.2) is 0 Å². The Hall–Kier alpha value is -4.89. The molecule has 4 aromatic rings. The lowest BCUT2D eigenvalue weighted by molar-refractivity contribution is 0.0942. The third-order valence-corrected chi connectivity index (χ3v) is 6.50. The van der Waals surface area contributed by atoms with Crippen LogP contribution in [0, 0.1) is 0 Å². The average Bonchev–Trinajstić information content (AvgIpc) is 3.51. The number of anilines is 2. The van der Waals surface area contributed by atoms with Crippen LogP contribution in [0.15, 0.2) is 79.1 Å². The van der Waals surface area contributed by atoms with Gasteiger partial charge >= 0.3 is 0 Å². The number of hydrogen-bond donors (Lipinski definition) is 3. The maximum absolute atomic E-state index is 13.0. The lowest BCUT2D eigenvalue weighted by Crippen LogP contribution is -2.28. The molecule has 9 nitrogen and oxygen atoms in total. The molecule has 212 valence electrons. The van der Waals surface area contributed by atoms with Crippen LogP contribution in [-0.2, 0) is 14.1 Å². The third kappa shape index (κ3) is 8.06. The molecule has 0 aliphatic heterocycles. The van der Waals surface area contributed by atoms with Gasteiger partial charge in [-0.25, -0.2) is 0 Å². The molecule has 2 aromatic heterocycles. The standard InChI is InChI=1S/C32H36N6O3/c1-36(2)18-8-17-33-31(40)28-19-27(22-37(28)3)35-32(41)29-20-26(21-38(29)4)34-30(39)25-15-13-24(14-16-25)12-11-23-9-6-5-7-10-23/h5-7,9-16,19-22H,8,17-18H2,1-4H3,(H,33,40)(H,34,39)(H,35,41)/b12-11+. The first-order chi connectivity index (χ1) is 19.7. The zero-order valence-electron chi connectivity index (χ0n) is 23.8. The minimum absolute atomic E-state index is 0.198. The van der Waals surface area contributed by atoms with Gasteiger partial charge in [0, 0.05) is 38.6 Å². The average molecular weight is 553 g/mol. The second kappa shape index (κ2) is 13.5. The molecule has 4 rings (SSSR count). The Bertz CT molecular complexity index is 1530. The molecule has 2 heterocycles. The first-order valence-corrected chi connectivity index (χ1v) is 13.4. The van der Waals surface area contributed by atoms with E-state index in [9.17, 15) is 14.4 Å². The SMILES string of the molecule is CN(C)CCCNC(=O)c1cc(NC(=O)c2cc(NC(=O)c3ccc(/C=C/c4ccccc4)cc3)cn2C)cn1C. The van der Waals surface area contributed by atoms with Crippen LogP contribution in [0.2, 0.25) is 0 Å². The Kier molecular flexibility index (Phi) is 9.55. The van der Waals surface area contributed by atoms with E-state index in [1.807, 2.05) is 68.7 Å². The summed E-state index contributed by atoms with van der Waals surface area (Å²) in [6.45, 7) is 1.45. The first-order valence-electron chi connectivity index (χ1n) is 13.4. The zero-order valence-corrected chi connectivity index (χ0v) is 23.8. The number of aryl methyl sites for hydroxylation is 2. The summed E-state index contributed by atoms with van der Waals surface area (Å²) in [5.41, 5.74) is 4.41. The van der Waals surface area contributed by atoms with Gasteiger partial charge in [-0.15, -0.1) is 0 Å². The molecule has 0 bridgehead atoms. The van der Waals surface area contributed by atoms with Crippen LogP contribution in [-0.4, -0.2) is 58.9 Å². The van der Waals surface area contributed by atoms with Gasteiger partial charge in [-0.3, -0.25) is 14.4 Å². The summed E-state index contributed by atoms with van der Waals surface area (Å²) >= 11 is 0. The fourth-order valence-electron chi connectivity index (χ4n) is 4.31. The summed E-state index contributed by atoms with van der Waals surface area (Å²) in [5.74, 6) is -0.826. The van der Waals surface area contributed by atoms with Crippen LogP contribution in [0.25, 0.3) is 12.2 Å². The molecule has 9 heteroatoms. The Labute approximate surface area is 240 Å². The minimum Gasteiger partial charge on any atom is -0.351 e. The van der Waals surface area contributed by atoms with Crippen LogP contribution in [0.5, 0.6) is 0 Å². The second-order valence-electron chi connectivity index (χ2n) is 10.1. The number of aromatic nitrogens is 2. The van der Waals surface area contributed by atoms with E-state index in [4.69, 9.17) is 0 Å². The molecule has 2 aromatic carbocycles. The number of hydrogen-bond acceptors (Lipinski definition) is 4. The molecule has 0 aliphatic carbocycles. The summed E-state index contributed by atoms with van der Waals surface area (Å²) in [4.78, 5) is 40.5. The highest BCUT2D eigenvalue weighted by atomic mass is 16.2. The molecule has 0 fully saturated rings. The Balaban J connectivity index is 1.34. The summed E-state index contributed by atoms with van der Waals surface area (Å²) in [7, 11) is 7.47. The van der Waals surface area contributed by atoms with Crippen LogP contribution >= 0.6 is 0 Å². The van der Waals surface area contributed by atoms with Gasteiger partial charge < -0.3 is 30.0 Å². The molecular formula is C32H36N6O3. The van der Waals surface area contributed by atoms with E-state index in [1.54, 1.807) is 59.9 Å². The summed E-state index contributed by atoms with van der Waals surface area (Å²) in [6, 6.07) is 20.6. The van der Waals surface area contributed by atoms with Crippen molar-refractivity contribution in [2.24, 2.45) is 14.1 Å². The van der Waals surface area contributed by atoms with E-state index < -0.39 is 0 Å². The van der Waals surface area contributed by atoms with E-state index >= 15 is 0 Å². The molecular weight excluding hydrogens is 516 g/mol. The van der Waals surface area contributed by atoms with Crippen molar-refractivity contribution < 1.29 is 14.4 Å².